The average molecular weight is 398 g/mol. The molecule has 0 saturated carbocycles. The zero-order valence-corrected chi connectivity index (χ0v) is 16.8. The van der Waals surface area contributed by atoms with Gasteiger partial charge in [0.25, 0.3) is 0 Å². The van der Waals surface area contributed by atoms with Gasteiger partial charge in [0.2, 0.25) is 0 Å². The van der Waals surface area contributed by atoms with Crippen LogP contribution in [0.4, 0.5) is 4.39 Å². The molecule has 0 unspecified atom stereocenters. The second-order valence-electron chi connectivity index (χ2n) is 6.25. The highest BCUT2D eigenvalue weighted by atomic mass is 32.2. The number of guanidine groups is 1. The van der Waals surface area contributed by atoms with E-state index < -0.39 is 0 Å². The minimum atomic E-state index is -0.203. The SMILES string of the molecule is CN=C(NCc1cnn(-c2ccccc2)c1)NCc1ccc(F)cc1CSC. The van der Waals surface area contributed by atoms with Crippen LogP contribution in [0.1, 0.15) is 16.7 Å². The Labute approximate surface area is 169 Å². The van der Waals surface area contributed by atoms with E-state index in [1.807, 2.05) is 59.7 Å². The summed E-state index contributed by atoms with van der Waals surface area (Å²) in [5.74, 6) is 1.26. The van der Waals surface area contributed by atoms with Crippen LogP contribution in [0.5, 0.6) is 0 Å². The van der Waals surface area contributed by atoms with Gasteiger partial charge in [-0.3, -0.25) is 4.99 Å². The molecule has 3 aromatic rings. The summed E-state index contributed by atoms with van der Waals surface area (Å²) in [4.78, 5) is 4.26. The van der Waals surface area contributed by atoms with Crippen molar-refractivity contribution in [3.05, 3.63) is 83.4 Å². The lowest BCUT2D eigenvalue weighted by Crippen LogP contribution is -2.36. The first-order valence-electron chi connectivity index (χ1n) is 8.99. The van der Waals surface area contributed by atoms with Crippen molar-refractivity contribution in [1.82, 2.24) is 20.4 Å². The Morgan fingerprint density at radius 3 is 2.64 bits per heavy atom. The van der Waals surface area contributed by atoms with Crippen molar-refractivity contribution < 1.29 is 4.39 Å². The van der Waals surface area contributed by atoms with Crippen LogP contribution in [-0.2, 0) is 18.8 Å². The Morgan fingerprint density at radius 1 is 1.11 bits per heavy atom. The van der Waals surface area contributed by atoms with Gasteiger partial charge in [0, 0.05) is 37.7 Å². The first-order valence-corrected chi connectivity index (χ1v) is 10.4. The van der Waals surface area contributed by atoms with E-state index in [4.69, 9.17) is 0 Å². The van der Waals surface area contributed by atoms with Crippen LogP contribution < -0.4 is 10.6 Å². The summed E-state index contributed by atoms with van der Waals surface area (Å²) in [5.41, 5.74) is 4.14. The number of hydrogen-bond donors (Lipinski definition) is 2. The van der Waals surface area contributed by atoms with Crippen molar-refractivity contribution in [1.29, 1.82) is 0 Å². The third-order valence-corrected chi connectivity index (χ3v) is 4.85. The lowest BCUT2D eigenvalue weighted by atomic mass is 10.1. The van der Waals surface area contributed by atoms with Gasteiger partial charge in [0.05, 0.1) is 11.9 Å². The number of nitrogens with one attached hydrogen (secondary N) is 2. The fraction of sp³-hybridized carbons (Fsp3) is 0.238. The van der Waals surface area contributed by atoms with Gasteiger partial charge in [0.15, 0.2) is 5.96 Å². The van der Waals surface area contributed by atoms with E-state index >= 15 is 0 Å². The number of hydrogen-bond acceptors (Lipinski definition) is 3. The molecule has 0 amide bonds. The lowest BCUT2D eigenvalue weighted by Gasteiger charge is -2.14. The topological polar surface area (TPSA) is 54.2 Å². The molecule has 5 nitrogen and oxygen atoms in total. The smallest absolute Gasteiger partial charge is 0.191 e. The van der Waals surface area contributed by atoms with Crippen molar-refractivity contribution in [3.63, 3.8) is 0 Å². The maximum atomic E-state index is 13.5. The molecule has 0 fully saturated rings. The van der Waals surface area contributed by atoms with Crippen molar-refractivity contribution in [2.24, 2.45) is 4.99 Å². The highest BCUT2D eigenvalue weighted by Gasteiger charge is 2.06. The number of rotatable bonds is 7. The van der Waals surface area contributed by atoms with Gasteiger partial charge in [-0.1, -0.05) is 24.3 Å². The molecule has 0 aliphatic carbocycles. The van der Waals surface area contributed by atoms with Crippen LogP contribution in [0.3, 0.4) is 0 Å². The summed E-state index contributed by atoms with van der Waals surface area (Å²) in [6.45, 7) is 1.19. The number of aromatic nitrogens is 2. The van der Waals surface area contributed by atoms with E-state index in [2.05, 4.69) is 20.7 Å². The molecule has 0 radical (unpaired) electrons. The number of benzene rings is 2. The van der Waals surface area contributed by atoms with Gasteiger partial charge < -0.3 is 10.6 Å². The molecule has 146 valence electrons. The molecule has 1 aromatic heterocycles. The Kier molecular flexibility index (Phi) is 7.08. The predicted octanol–water partition coefficient (Wildman–Crippen LogP) is 3.74. The second kappa shape index (κ2) is 9.94. The summed E-state index contributed by atoms with van der Waals surface area (Å²) < 4.78 is 15.3. The molecular formula is C21H24FN5S. The van der Waals surface area contributed by atoms with E-state index in [0.717, 1.165) is 28.1 Å². The fourth-order valence-corrected chi connectivity index (χ4v) is 3.40. The van der Waals surface area contributed by atoms with Crippen molar-refractivity contribution in [3.8, 4) is 5.69 Å². The molecule has 2 N–H and O–H groups in total. The highest BCUT2D eigenvalue weighted by Crippen LogP contribution is 2.16. The molecule has 0 aliphatic heterocycles. The van der Waals surface area contributed by atoms with Gasteiger partial charge in [-0.05, 0) is 41.6 Å². The maximum absolute atomic E-state index is 13.5. The summed E-state index contributed by atoms with van der Waals surface area (Å²) in [6.07, 6.45) is 5.84. The first-order chi connectivity index (χ1) is 13.7. The van der Waals surface area contributed by atoms with Gasteiger partial charge in [0.1, 0.15) is 5.82 Å². The number of para-hydroxylation sites is 1. The second-order valence-corrected chi connectivity index (χ2v) is 7.12. The minimum Gasteiger partial charge on any atom is -0.352 e. The molecule has 0 bridgehead atoms. The predicted molar refractivity (Wildman–Crippen MR) is 114 cm³/mol. The summed E-state index contributed by atoms with van der Waals surface area (Å²) in [5, 5.41) is 11.0. The van der Waals surface area contributed by atoms with Crippen molar-refractivity contribution >= 4 is 17.7 Å². The van der Waals surface area contributed by atoms with Crippen LogP contribution in [-0.4, -0.2) is 29.0 Å². The summed E-state index contributed by atoms with van der Waals surface area (Å²) in [7, 11) is 1.73. The molecule has 0 atom stereocenters. The van der Waals surface area contributed by atoms with E-state index in [1.54, 1.807) is 24.9 Å². The Balaban J connectivity index is 1.57. The van der Waals surface area contributed by atoms with Crippen LogP contribution >= 0.6 is 11.8 Å². The van der Waals surface area contributed by atoms with Crippen molar-refractivity contribution in [2.45, 2.75) is 18.8 Å². The van der Waals surface area contributed by atoms with Crippen LogP contribution in [0, 0.1) is 5.82 Å². The maximum Gasteiger partial charge on any atom is 0.191 e. The normalized spacial score (nSPS) is 11.5. The monoisotopic (exact) mass is 397 g/mol. The summed E-state index contributed by atoms with van der Waals surface area (Å²) >= 11 is 1.68. The minimum absolute atomic E-state index is 0.203. The van der Waals surface area contributed by atoms with E-state index in [1.165, 1.54) is 6.07 Å². The standard InChI is InChI=1S/C21H24FN5S/c1-23-21(25-13-17-8-9-19(22)10-18(17)15-28-2)24-11-16-12-26-27(14-16)20-6-4-3-5-7-20/h3-10,12,14H,11,13,15H2,1-2H3,(H2,23,24,25). The van der Waals surface area contributed by atoms with Crippen LogP contribution in [0.25, 0.3) is 5.69 Å². The average Bonchev–Trinajstić information content (AvgIpc) is 3.19. The van der Waals surface area contributed by atoms with E-state index in [-0.39, 0.29) is 5.82 Å². The molecule has 2 aromatic carbocycles. The van der Waals surface area contributed by atoms with Gasteiger partial charge in [-0.2, -0.15) is 16.9 Å². The molecule has 7 heteroatoms. The van der Waals surface area contributed by atoms with Gasteiger partial charge in [-0.25, -0.2) is 9.07 Å². The molecular weight excluding hydrogens is 373 g/mol. The molecule has 0 spiro atoms. The Hall–Kier alpha value is -2.80. The number of aliphatic imine (C=N–C) groups is 1. The molecule has 0 aliphatic rings. The highest BCUT2D eigenvalue weighted by molar-refractivity contribution is 7.97. The number of nitrogens with zero attached hydrogens (tertiary/aromatic N) is 3. The van der Waals surface area contributed by atoms with Gasteiger partial charge >= 0.3 is 0 Å². The summed E-state index contributed by atoms with van der Waals surface area (Å²) in [6, 6.07) is 14.9. The van der Waals surface area contributed by atoms with Crippen LogP contribution in [0.15, 0.2) is 65.9 Å². The molecule has 1 heterocycles. The van der Waals surface area contributed by atoms with E-state index in [0.29, 0.717) is 19.0 Å². The van der Waals surface area contributed by atoms with Crippen molar-refractivity contribution in [2.75, 3.05) is 13.3 Å². The largest absolute Gasteiger partial charge is 0.352 e. The third kappa shape index (κ3) is 5.36. The third-order valence-electron chi connectivity index (χ3n) is 4.25. The Bertz CT molecular complexity index is 924. The molecule has 28 heavy (non-hydrogen) atoms. The van der Waals surface area contributed by atoms with Gasteiger partial charge in [-0.15, -0.1) is 0 Å². The Morgan fingerprint density at radius 2 is 1.89 bits per heavy atom. The number of halogens is 1. The lowest BCUT2D eigenvalue weighted by molar-refractivity contribution is 0.625. The van der Waals surface area contributed by atoms with E-state index in [9.17, 15) is 4.39 Å². The quantitative estimate of drug-likeness (QED) is 0.471. The zero-order valence-electron chi connectivity index (χ0n) is 16.0. The molecule has 3 rings (SSSR count). The zero-order chi connectivity index (χ0) is 19.8. The number of thioether (sulfide) groups is 1. The fourth-order valence-electron chi connectivity index (χ4n) is 2.82. The molecule has 0 saturated heterocycles. The first kappa shape index (κ1) is 19.9. The van der Waals surface area contributed by atoms with Crippen LogP contribution in [0.2, 0.25) is 0 Å².